The maximum absolute atomic E-state index is 13.6. The van der Waals surface area contributed by atoms with Crippen LogP contribution in [-0.2, 0) is 6.54 Å². The van der Waals surface area contributed by atoms with Crippen LogP contribution in [0.4, 0.5) is 16.2 Å². The quantitative estimate of drug-likeness (QED) is 0.899. The number of hydrogen-bond acceptors (Lipinski definition) is 4. The molecule has 0 atom stereocenters. The predicted molar refractivity (Wildman–Crippen MR) is 83.9 cm³/mol. The van der Waals surface area contributed by atoms with Crippen LogP contribution in [-0.4, -0.2) is 15.5 Å². The van der Waals surface area contributed by atoms with Gasteiger partial charge in [0.2, 0.25) is 5.95 Å². The van der Waals surface area contributed by atoms with Gasteiger partial charge in [-0.1, -0.05) is 18.2 Å². The van der Waals surface area contributed by atoms with Gasteiger partial charge in [0.25, 0.3) is 0 Å². The van der Waals surface area contributed by atoms with Crippen molar-refractivity contribution in [3.63, 3.8) is 0 Å². The van der Waals surface area contributed by atoms with E-state index in [2.05, 4.69) is 41.4 Å². The van der Waals surface area contributed by atoms with E-state index in [1.54, 1.807) is 12.1 Å². The Morgan fingerprint density at radius 1 is 1.14 bits per heavy atom. The molecule has 0 amide bonds. The van der Waals surface area contributed by atoms with Crippen LogP contribution in [0.1, 0.15) is 32.0 Å². The fourth-order valence-electron chi connectivity index (χ4n) is 1.91. The summed E-state index contributed by atoms with van der Waals surface area (Å²) >= 11 is 0. The molecule has 0 bridgehead atoms. The summed E-state index contributed by atoms with van der Waals surface area (Å²) in [4.78, 5) is 8.73. The predicted octanol–water partition coefficient (Wildman–Crippen LogP) is 3.75. The minimum atomic E-state index is -0.231. The number of nitrogens with zero attached hydrogens (tertiary/aromatic N) is 2. The first-order valence-corrected chi connectivity index (χ1v) is 6.95. The van der Waals surface area contributed by atoms with Crippen LogP contribution in [0.25, 0.3) is 0 Å². The van der Waals surface area contributed by atoms with Crippen molar-refractivity contribution in [1.29, 1.82) is 0 Å². The number of anilines is 2. The summed E-state index contributed by atoms with van der Waals surface area (Å²) in [6.07, 6.45) is 0. The molecule has 0 aliphatic rings. The molecule has 0 aliphatic carbocycles. The third-order valence-corrected chi connectivity index (χ3v) is 2.75. The standard InChI is InChI=1S/C16H21FN4/c1-11-9-14(21-16(2,3)4)20-15(19-11)18-10-12-7-5-6-8-13(12)17/h5-9H,10H2,1-4H3,(H2,18,19,20,21). The first kappa shape index (κ1) is 15.2. The molecule has 0 saturated heterocycles. The normalized spacial score (nSPS) is 11.3. The van der Waals surface area contributed by atoms with E-state index in [-0.39, 0.29) is 11.4 Å². The summed E-state index contributed by atoms with van der Waals surface area (Å²) in [5.74, 6) is 1.02. The van der Waals surface area contributed by atoms with Gasteiger partial charge in [0.15, 0.2) is 0 Å². The largest absolute Gasteiger partial charge is 0.365 e. The molecule has 0 radical (unpaired) electrons. The van der Waals surface area contributed by atoms with Crippen LogP contribution in [0.5, 0.6) is 0 Å². The molecule has 0 aliphatic heterocycles. The van der Waals surface area contributed by atoms with Crippen molar-refractivity contribution in [2.24, 2.45) is 0 Å². The van der Waals surface area contributed by atoms with Crippen molar-refractivity contribution >= 4 is 11.8 Å². The summed E-state index contributed by atoms with van der Waals surface area (Å²) in [5, 5.41) is 6.37. The third kappa shape index (κ3) is 4.70. The lowest BCUT2D eigenvalue weighted by Gasteiger charge is -2.21. The van der Waals surface area contributed by atoms with Crippen LogP contribution < -0.4 is 10.6 Å². The van der Waals surface area contributed by atoms with E-state index in [4.69, 9.17) is 0 Å². The van der Waals surface area contributed by atoms with Crippen LogP contribution >= 0.6 is 0 Å². The Hall–Kier alpha value is -2.17. The van der Waals surface area contributed by atoms with Gasteiger partial charge in [-0.05, 0) is 33.8 Å². The molecule has 0 unspecified atom stereocenters. The molecular formula is C16H21FN4. The van der Waals surface area contributed by atoms with E-state index >= 15 is 0 Å². The molecule has 2 aromatic rings. The molecule has 0 spiro atoms. The molecular weight excluding hydrogens is 267 g/mol. The van der Waals surface area contributed by atoms with Crippen LogP contribution in [0.15, 0.2) is 30.3 Å². The molecule has 0 saturated carbocycles. The molecule has 1 aromatic carbocycles. The molecule has 2 rings (SSSR count). The van der Waals surface area contributed by atoms with Gasteiger partial charge in [0, 0.05) is 29.4 Å². The number of halogens is 1. The average Bonchev–Trinajstić information content (AvgIpc) is 2.35. The summed E-state index contributed by atoms with van der Waals surface area (Å²) in [7, 11) is 0. The molecule has 112 valence electrons. The monoisotopic (exact) mass is 288 g/mol. The van der Waals surface area contributed by atoms with E-state index in [1.165, 1.54) is 6.07 Å². The number of rotatable bonds is 4. The summed E-state index contributed by atoms with van der Waals surface area (Å²) in [5.41, 5.74) is 1.37. The van der Waals surface area contributed by atoms with Crippen molar-refractivity contribution in [3.8, 4) is 0 Å². The Balaban J connectivity index is 2.12. The lowest BCUT2D eigenvalue weighted by Crippen LogP contribution is -2.27. The van der Waals surface area contributed by atoms with Crippen LogP contribution in [0.2, 0.25) is 0 Å². The third-order valence-electron chi connectivity index (χ3n) is 2.75. The zero-order chi connectivity index (χ0) is 15.5. The second-order valence-corrected chi connectivity index (χ2v) is 6.04. The molecule has 21 heavy (non-hydrogen) atoms. The number of aryl methyl sites for hydroxylation is 1. The van der Waals surface area contributed by atoms with Gasteiger partial charge in [0.1, 0.15) is 11.6 Å². The molecule has 1 heterocycles. The molecule has 5 heteroatoms. The van der Waals surface area contributed by atoms with Crippen molar-refractivity contribution in [2.45, 2.75) is 39.8 Å². The Morgan fingerprint density at radius 2 is 1.86 bits per heavy atom. The summed E-state index contributed by atoms with van der Waals surface area (Å²) in [6.45, 7) is 8.46. The minimum absolute atomic E-state index is 0.0798. The summed E-state index contributed by atoms with van der Waals surface area (Å²) < 4.78 is 13.6. The maximum Gasteiger partial charge on any atom is 0.225 e. The highest BCUT2D eigenvalue weighted by atomic mass is 19.1. The van der Waals surface area contributed by atoms with E-state index in [0.717, 1.165) is 11.5 Å². The fourth-order valence-corrected chi connectivity index (χ4v) is 1.91. The van der Waals surface area contributed by atoms with Crippen molar-refractivity contribution in [1.82, 2.24) is 9.97 Å². The molecule has 1 aromatic heterocycles. The zero-order valence-electron chi connectivity index (χ0n) is 12.9. The SMILES string of the molecule is Cc1cc(NC(C)(C)C)nc(NCc2ccccc2F)n1. The number of hydrogen-bond donors (Lipinski definition) is 2. The van der Waals surface area contributed by atoms with E-state index in [9.17, 15) is 4.39 Å². The van der Waals surface area contributed by atoms with Gasteiger partial charge in [-0.2, -0.15) is 4.98 Å². The first-order chi connectivity index (χ1) is 9.83. The number of nitrogens with one attached hydrogen (secondary N) is 2. The highest BCUT2D eigenvalue weighted by Crippen LogP contribution is 2.16. The number of benzene rings is 1. The molecule has 4 nitrogen and oxygen atoms in total. The van der Waals surface area contributed by atoms with Crippen LogP contribution in [0, 0.1) is 12.7 Å². The Morgan fingerprint density at radius 3 is 2.52 bits per heavy atom. The molecule has 2 N–H and O–H groups in total. The fraction of sp³-hybridized carbons (Fsp3) is 0.375. The lowest BCUT2D eigenvalue weighted by atomic mass is 10.1. The second-order valence-electron chi connectivity index (χ2n) is 6.04. The van der Waals surface area contributed by atoms with Crippen molar-refractivity contribution in [3.05, 3.63) is 47.4 Å². The van der Waals surface area contributed by atoms with Gasteiger partial charge < -0.3 is 10.6 Å². The highest BCUT2D eigenvalue weighted by Gasteiger charge is 2.11. The van der Waals surface area contributed by atoms with Gasteiger partial charge in [-0.25, -0.2) is 9.37 Å². The summed E-state index contributed by atoms with van der Waals surface area (Å²) in [6, 6.07) is 8.56. The average molecular weight is 288 g/mol. The second kappa shape index (κ2) is 6.08. The Kier molecular flexibility index (Phi) is 4.40. The lowest BCUT2D eigenvalue weighted by molar-refractivity contribution is 0.612. The van der Waals surface area contributed by atoms with Gasteiger partial charge >= 0.3 is 0 Å². The van der Waals surface area contributed by atoms with E-state index in [1.807, 2.05) is 19.1 Å². The van der Waals surface area contributed by atoms with Gasteiger partial charge in [0.05, 0.1) is 0 Å². The van der Waals surface area contributed by atoms with Gasteiger partial charge in [-0.3, -0.25) is 0 Å². The number of aromatic nitrogens is 2. The van der Waals surface area contributed by atoms with E-state index < -0.39 is 0 Å². The topological polar surface area (TPSA) is 49.8 Å². The smallest absolute Gasteiger partial charge is 0.225 e. The Labute approximate surface area is 124 Å². The van der Waals surface area contributed by atoms with E-state index in [0.29, 0.717) is 18.1 Å². The first-order valence-electron chi connectivity index (χ1n) is 6.95. The zero-order valence-corrected chi connectivity index (χ0v) is 12.9. The van der Waals surface area contributed by atoms with Crippen LogP contribution in [0.3, 0.4) is 0 Å². The van der Waals surface area contributed by atoms with Crippen molar-refractivity contribution in [2.75, 3.05) is 10.6 Å². The minimum Gasteiger partial charge on any atom is -0.365 e. The van der Waals surface area contributed by atoms with Crippen molar-refractivity contribution < 1.29 is 4.39 Å². The Bertz CT molecular complexity index is 620. The van der Waals surface area contributed by atoms with Gasteiger partial charge in [-0.15, -0.1) is 0 Å². The molecule has 0 fully saturated rings. The maximum atomic E-state index is 13.6. The highest BCUT2D eigenvalue weighted by molar-refractivity contribution is 5.44.